The Morgan fingerprint density at radius 2 is 1.22 bits per heavy atom. The van der Waals surface area contributed by atoms with Gasteiger partial charge in [0.1, 0.15) is 19.8 Å². The Balaban J connectivity index is 1.32. The summed E-state index contributed by atoms with van der Waals surface area (Å²) in [7, 11) is 0. The normalized spacial score (nSPS) is 15.5. The van der Waals surface area contributed by atoms with Crippen LogP contribution < -0.4 is 9.47 Å². The van der Waals surface area contributed by atoms with Crippen LogP contribution in [0.25, 0.3) is 0 Å². The maximum absolute atomic E-state index is 12.6. The van der Waals surface area contributed by atoms with Crippen molar-refractivity contribution in [1.29, 1.82) is 0 Å². The molecule has 0 unspecified atom stereocenters. The maximum Gasteiger partial charge on any atom is 0.338 e. The summed E-state index contributed by atoms with van der Waals surface area (Å²) in [6.45, 7) is 3.67. The summed E-state index contributed by atoms with van der Waals surface area (Å²) in [5.41, 5.74) is 2.59. The van der Waals surface area contributed by atoms with Crippen LogP contribution in [0.5, 0.6) is 11.5 Å². The summed E-state index contributed by atoms with van der Waals surface area (Å²) in [5, 5.41) is 8.36. The van der Waals surface area contributed by atoms with E-state index in [4.69, 9.17) is 28.4 Å². The maximum atomic E-state index is 12.6. The molecule has 0 fully saturated rings. The lowest BCUT2D eigenvalue weighted by Crippen LogP contribution is -2.13. The molecule has 9 nitrogen and oxygen atoms in total. The summed E-state index contributed by atoms with van der Waals surface area (Å²) >= 11 is 0. The predicted molar refractivity (Wildman–Crippen MR) is 136 cm³/mol. The zero-order chi connectivity index (χ0) is 25.5. The molecule has 1 heterocycles. The van der Waals surface area contributed by atoms with Crippen LogP contribution in [0.1, 0.15) is 15.9 Å². The standard InChI is InChI=1S/C28H30N2O7/c31-28(23-7-9-25(10-8-23)30-29-24-4-2-1-3-5-24)37-21-22-6-11-26-27(20-22)36-19-17-34-15-13-32-12-14-33-16-18-35-26/h1-11,20H,12-19,21H2. The van der Waals surface area contributed by atoms with E-state index in [1.807, 2.05) is 36.4 Å². The average molecular weight is 507 g/mol. The number of rotatable bonds is 5. The molecule has 4 rings (SSSR count). The molecule has 0 bridgehead atoms. The molecular formula is C28H30N2O7. The van der Waals surface area contributed by atoms with E-state index in [0.29, 0.717) is 75.6 Å². The van der Waals surface area contributed by atoms with Crippen LogP contribution in [0, 0.1) is 0 Å². The topological polar surface area (TPSA) is 97.2 Å². The van der Waals surface area contributed by atoms with E-state index in [9.17, 15) is 4.79 Å². The van der Waals surface area contributed by atoms with Crippen LogP contribution in [-0.2, 0) is 25.6 Å². The molecule has 3 aromatic rings. The van der Waals surface area contributed by atoms with Gasteiger partial charge in [0.05, 0.1) is 56.6 Å². The second-order valence-corrected chi connectivity index (χ2v) is 7.97. The smallest absolute Gasteiger partial charge is 0.338 e. The van der Waals surface area contributed by atoms with Gasteiger partial charge in [0.15, 0.2) is 11.5 Å². The SMILES string of the molecule is O=C(OCc1ccc2c(c1)OCCOCCOCCOCCO2)c1ccc(N=Nc2ccccc2)cc1. The Morgan fingerprint density at radius 1 is 0.649 bits per heavy atom. The van der Waals surface area contributed by atoms with Gasteiger partial charge in [-0.15, -0.1) is 0 Å². The second kappa shape index (κ2) is 14.7. The fourth-order valence-electron chi connectivity index (χ4n) is 3.34. The number of azo groups is 1. The van der Waals surface area contributed by atoms with E-state index in [2.05, 4.69) is 10.2 Å². The second-order valence-electron chi connectivity index (χ2n) is 7.97. The van der Waals surface area contributed by atoms with Crippen molar-refractivity contribution in [2.75, 3.05) is 52.9 Å². The molecule has 0 saturated heterocycles. The van der Waals surface area contributed by atoms with Crippen molar-refractivity contribution < 1.29 is 33.2 Å². The summed E-state index contributed by atoms with van der Waals surface area (Å²) in [5.74, 6) is 0.703. The summed E-state index contributed by atoms with van der Waals surface area (Å²) in [4.78, 5) is 12.6. The van der Waals surface area contributed by atoms with Gasteiger partial charge in [-0.25, -0.2) is 4.79 Å². The molecule has 0 saturated carbocycles. The minimum absolute atomic E-state index is 0.0852. The van der Waals surface area contributed by atoms with Crippen LogP contribution in [0.4, 0.5) is 11.4 Å². The van der Waals surface area contributed by atoms with Gasteiger partial charge in [0.2, 0.25) is 0 Å². The lowest BCUT2D eigenvalue weighted by Gasteiger charge is -2.14. The molecule has 0 atom stereocenters. The summed E-state index contributed by atoms with van der Waals surface area (Å²) in [6, 6.07) is 21.6. The third-order valence-electron chi connectivity index (χ3n) is 5.23. The molecule has 1 aliphatic heterocycles. The largest absolute Gasteiger partial charge is 0.487 e. The number of hydrogen-bond donors (Lipinski definition) is 0. The third kappa shape index (κ3) is 8.98. The van der Waals surface area contributed by atoms with E-state index in [-0.39, 0.29) is 6.61 Å². The number of ether oxygens (including phenoxy) is 6. The molecule has 194 valence electrons. The minimum atomic E-state index is -0.437. The first-order valence-electron chi connectivity index (χ1n) is 12.1. The molecule has 0 N–H and O–H groups in total. The number of benzene rings is 3. The van der Waals surface area contributed by atoms with Gasteiger partial charge in [0, 0.05) is 0 Å². The lowest BCUT2D eigenvalue weighted by atomic mass is 10.2. The van der Waals surface area contributed by atoms with Crippen molar-refractivity contribution in [3.05, 3.63) is 83.9 Å². The van der Waals surface area contributed by atoms with E-state index in [0.717, 1.165) is 11.3 Å². The van der Waals surface area contributed by atoms with Crippen LogP contribution in [0.3, 0.4) is 0 Å². The Morgan fingerprint density at radius 3 is 1.86 bits per heavy atom. The fraction of sp³-hybridized carbons (Fsp3) is 0.321. The molecular weight excluding hydrogens is 476 g/mol. The van der Waals surface area contributed by atoms with Crippen LogP contribution in [0.2, 0.25) is 0 Å². The highest BCUT2D eigenvalue weighted by Gasteiger charge is 2.11. The molecule has 0 spiro atoms. The molecule has 3 aromatic carbocycles. The van der Waals surface area contributed by atoms with E-state index in [1.54, 1.807) is 36.4 Å². The first-order valence-corrected chi connectivity index (χ1v) is 12.1. The van der Waals surface area contributed by atoms with Crippen molar-refractivity contribution in [2.45, 2.75) is 6.61 Å². The van der Waals surface area contributed by atoms with Gasteiger partial charge < -0.3 is 28.4 Å². The van der Waals surface area contributed by atoms with Gasteiger partial charge in [-0.3, -0.25) is 0 Å². The van der Waals surface area contributed by atoms with Crippen molar-refractivity contribution in [3.63, 3.8) is 0 Å². The van der Waals surface area contributed by atoms with Gasteiger partial charge in [-0.1, -0.05) is 24.3 Å². The lowest BCUT2D eigenvalue weighted by molar-refractivity contribution is 0.00708. The van der Waals surface area contributed by atoms with Crippen LogP contribution in [-0.4, -0.2) is 58.8 Å². The molecule has 0 aromatic heterocycles. The molecule has 0 radical (unpaired) electrons. The number of carbonyl (C=O) groups is 1. The van der Waals surface area contributed by atoms with E-state index in [1.165, 1.54) is 0 Å². The van der Waals surface area contributed by atoms with Crippen molar-refractivity contribution in [2.24, 2.45) is 10.2 Å². The Bertz CT molecular complexity index is 1140. The number of fused-ring (bicyclic) bond motifs is 1. The van der Waals surface area contributed by atoms with Gasteiger partial charge in [-0.05, 0) is 54.1 Å². The highest BCUT2D eigenvalue weighted by Crippen LogP contribution is 2.29. The predicted octanol–water partition coefficient (Wildman–Crippen LogP) is 5.28. The highest BCUT2D eigenvalue weighted by molar-refractivity contribution is 5.89. The molecule has 0 aliphatic carbocycles. The number of esters is 1. The van der Waals surface area contributed by atoms with Crippen LogP contribution >= 0.6 is 0 Å². The molecule has 1 aliphatic rings. The zero-order valence-corrected chi connectivity index (χ0v) is 20.5. The van der Waals surface area contributed by atoms with Gasteiger partial charge in [0.25, 0.3) is 0 Å². The first-order chi connectivity index (χ1) is 18.3. The first kappa shape index (κ1) is 26.3. The van der Waals surface area contributed by atoms with Crippen molar-refractivity contribution in [1.82, 2.24) is 0 Å². The Hall–Kier alpha value is -3.79. The van der Waals surface area contributed by atoms with Crippen molar-refractivity contribution >= 4 is 17.3 Å². The minimum Gasteiger partial charge on any atom is -0.487 e. The Kier molecular flexibility index (Phi) is 10.4. The molecule has 37 heavy (non-hydrogen) atoms. The zero-order valence-electron chi connectivity index (χ0n) is 20.5. The molecule has 9 heteroatoms. The monoisotopic (exact) mass is 506 g/mol. The third-order valence-corrected chi connectivity index (χ3v) is 5.23. The highest BCUT2D eigenvalue weighted by atomic mass is 16.6. The van der Waals surface area contributed by atoms with E-state index >= 15 is 0 Å². The summed E-state index contributed by atoms with van der Waals surface area (Å²) in [6.07, 6.45) is 0. The van der Waals surface area contributed by atoms with Gasteiger partial charge >= 0.3 is 5.97 Å². The number of nitrogens with zero attached hydrogens (tertiary/aromatic N) is 2. The quantitative estimate of drug-likeness (QED) is 0.343. The van der Waals surface area contributed by atoms with Gasteiger partial charge in [-0.2, -0.15) is 10.2 Å². The fourth-order valence-corrected chi connectivity index (χ4v) is 3.34. The number of carbonyl (C=O) groups excluding carboxylic acids is 1. The van der Waals surface area contributed by atoms with Crippen LogP contribution in [0.15, 0.2) is 83.0 Å². The van der Waals surface area contributed by atoms with E-state index < -0.39 is 5.97 Å². The average Bonchev–Trinajstić information content (AvgIpc) is 2.95. The van der Waals surface area contributed by atoms with Crippen molar-refractivity contribution in [3.8, 4) is 11.5 Å². The number of hydrogen-bond acceptors (Lipinski definition) is 9. The molecule has 0 amide bonds. The Labute approximate surface area is 215 Å². The summed E-state index contributed by atoms with van der Waals surface area (Å²) < 4.78 is 33.6.